The highest BCUT2D eigenvalue weighted by Gasteiger charge is 2.39. The highest BCUT2D eigenvalue weighted by atomic mass is 16.4. The second-order valence-electron chi connectivity index (χ2n) is 19.7. The molecule has 430 valence electrons. The first kappa shape index (κ1) is 68.8. The first-order chi connectivity index (χ1) is 35.0. The maximum Gasteiger partial charge on any atom is 0.326 e. The fourth-order valence-corrected chi connectivity index (χ4v) is 7.40. The third-order valence-electron chi connectivity index (χ3n) is 12.8. The Balaban J connectivity index is 6.68. The maximum atomic E-state index is 14.2. The van der Waals surface area contributed by atoms with Crippen LogP contribution in [0.2, 0.25) is 0 Å². The van der Waals surface area contributed by atoms with E-state index in [1.165, 1.54) is 13.8 Å². The minimum absolute atomic E-state index is 0.00177. The smallest absolute Gasteiger partial charge is 0.326 e. The number of rotatable bonds is 37. The first-order valence-electron chi connectivity index (χ1n) is 25.7. The van der Waals surface area contributed by atoms with Crippen LogP contribution in [0.1, 0.15) is 133 Å². The van der Waals surface area contributed by atoms with E-state index in [2.05, 4.69) is 47.5 Å². The lowest BCUT2D eigenvalue weighted by Gasteiger charge is -2.31. The molecule has 27 heteroatoms. The molecule has 0 fully saturated rings. The quantitative estimate of drug-likeness (QED) is 0.0166. The van der Waals surface area contributed by atoms with Crippen molar-refractivity contribution >= 4 is 65.2 Å². The molecule has 0 aliphatic heterocycles. The zero-order valence-corrected chi connectivity index (χ0v) is 45.3. The summed E-state index contributed by atoms with van der Waals surface area (Å²) in [5, 5.41) is 60.3. The highest BCUT2D eigenvalue weighted by Crippen LogP contribution is 2.16. The molecule has 0 saturated heterocycles. The van der Waals surface area contributed by atoms with E-state index < -0.39 is 150 Å². The Labute approximate surface area is 439 Å². The number of guanidine groups is 1. The average Bonchev–Trinajstić information content (AvgIpc) is 3.33. The molecule has 0 radical (unpaired) electrons. The number of carbonyl (C=O) groups excluding carboxylic acids is 8. The lowest BCUT2D eigenvalue weighted by atomic mass is 9.94. The molecule has 8 amide bonds. The molecular weight excluding hydrogens is 983 g/mol. The van der Waals surface area contributed by atoms with E-state index in [0.717, 1.165) is 0 Å². The summed E-state index contributed by atoms with van der Waals surface area (Å²) in [5.41, 5.74) is 22.1. The summed E-state index contributed by atoms with van der Waals surface area (Å²) in [6, 6.07) is -13.0. The van der Waals surface area contributed by atoms with Crippen LogP contribution in [0, 0.1) is 23.7 Å². The van der Waals surface area contributed by atoms with Gasteiger partial charge < -0.3 is 85.9 Å². The minimum atomic E-state index is -1.81. The number of aliphatic hydroxyl groups excluding tert-OH is 2. The van der Waals surface area contributed by atoms with Crippen molar-refractivity contribution in [3.05, 3.63) is 0 Å². The minimum Gasteiger partial charge on any atom is -0.481 e. The summed E-state index contributed by atoms with van der Waals surface area (Å²) >= 11 is 0. The monoisotopic (exact) mass is 1070 g/mol. The standard InChI is InChI=1S/C48H89N13O14/c1-11-24(6)35(58-41(68)32(22-33(64)65)57-44(71)36(25(7)12-2)60-45(72)37(26(8)13-3)59-42(69)34(50)27(9)62)43(70)56-31(21-23(4)5)40(67)61-38(28(10)63)46(73)54-29(17-14-15-19-49)39(66)55-30(47(74)75)18-16-20-53-48(51)52/h23-32,34-38,62-63H,11-22,49-50H2,1-10H3,(H,54,73)(H,55,66)(H,56,70)(H,57,71)(H,58,68)(H,59,69)(H,60,72)(H,61,67)(H,64,65)(H,74,75)(H4,51,52,53)/t24-,25-,26-,27+,28+,29-,30-,31-,32-,34-,35-,36-,37-,38-/m0/s1. The Hall–Kier alpha value is -6.19. The van der Waals surface area contributed by atoms with Gasteiger partial charge in [0.15, 0.2) is 5.96 Å². The maximum absolute atomic E-state index is 14.2. The van der Waals surface area contributed by atoms with Gasteiger partial charge in [-0.15, -0.1) is 0 Å². The van der Waals surface area contributed by atoms with Crippen molar-refractivity contribution in [2.75, 3.05) is 13.1 Å². The largest absolute Gasteiger partial charge is 0.481 e. The molecule has 0 aromatic carbocycles. The second-order valence-corrected chi connectivity index (χ2v) is 19.7. The van der Waals surface area contributed by atoms with Crippen molar-refractivity contribution < 1.29 is 68.4 Å². The van der Waals surface area contributed by atoms with Gasteiger partial charge in [0.2, 0.25) is 47.3 Å². The summed E-state index contributed by atoms with van der Waals surface area (Å²) in [7, 11) is 0. The van der Waals surface area contributed by atoms with Crippen LogP contribution in [0.3, 0.4) is 0 Å². The van der Waals surface area contributed by atoms with E-state index in [0.29, 0.717) is 25.7 Å². The summed E-state index contributed by atoms with van der Waals surface area (Å²) in [4.78, 5) is 138. The van der Waals surface area contributed by atoms with Gasteiger partial charge in [-0.3, -0.25) is 48.1 Å². The number of hydrogen-bond acceptors (Lipinski definition) is 15. The number of carboxylic acid groups (broad SMARTS) is 2. The topological polar surface area (TPSA) is 464 Å². The van der Waals surface area contributed by atoms with Crippen LogP contribution in [-0.2, 0) is 47.9 Å². The predicted molar refractivity (Wildman–Crippen MR) is 277 cm³/mol. The molecule has 0 saturated carbocycles. The van der Waals surface area contributed by atoms with Gasteiger partial charge in [-0.2, -0.15) is 0 Å². The van der Waals surface area contributed by atoms with Crippen molar-refractivity contribution in [2.45, 2.75) is 200 Å². The number of nitrogens with zero attached hydrogens (tertiary/aromatic N) is 1. The van der Waals surface area contributed by atoms with E-state index in [1.54, 1.807) is 55.4 Å². The first-order valence-corrected chi connectivity index (χ1v) is 25.7. The van der Waals surface area contributed by atoms with Crippen molar-refractivity contribution in [2.24, 2.45) is 51.6 Å². The zero-order valence-electron chi connectivity index (χ0n) is 45.3. The fraction of sp³-hybridized carbons (Fsp3) is 0.771. The van der Waals surface area contributed by atoms with E-state index in [-0.39, 0.29) is 57.1 Å². The molecule has 0 bridgehead atoms. The highest BCUT2D eigenvalue weighted by molar-refractivity contribution is 5.99. The number of carbonyl (C=O) groups is 10. The van der Waals surface area contributed by atoms with Crippen LogP contribution in [-0.4, -0.2) is 165 Å². The molecule has 0 rings (SSSR count). The summed E-state index contributed by atoms with van der Waals surface area (Å²) in [6.45, 7) is 16.4. The normalized spacial score (nSPS) is 16.9. The number of aliphatic imine (C=N–C) groups is 1. The molecule has 0 aliphatic carbocycles. The Morgan fingerprint density at radius 2 is 0.867 bits per heavy atom. The zero-order chi connectivity index (χ0) is 57.9. The van der Waals surface area contributed by atoms with Crippen molar-refractivity contribution in [1.29, 1.82) is 0 Å². The Morgan fingerprint density at radius 3 is 1.29 bits per heavy atom. The second kappa shape index (κ2) is 35.1. The van der Waals surface area contributed by atoms with E-state index in [1.807, 2.05) is 0 Å². The third kappa shape index (κ3) is 25.3. The summed E-state index contributed by atoms with van der Waals surface area (Å²) < 4.78 is 0. The average molecular weight is 1070 g/mol. The van der Waals surface area contributed by atoms with Crippen molar-refractivity contribution in [3.8, 4) is 0 Å². The summed E-state index contributed by atoms with van der Waals surface area (Å²) in [5.74, 6) is -12.5. The Kier molecular flexibility index (Phi) is 32.2. The summed E-state index contributed by atoms with van der Waals surface area (Å²) in [6.07, 6.45) is -1.96. The van der Waals surface area contributed by atoms with Gasteiger partial charge >= 0.3 is 11.9 Å². The van der Waals surface area contributed by atoms with Gasteiger partial charge in [-0.1, -0.05) is 74.7 Å². The van der Waals surface area contributed by atoms with Crippen LogP contribution in [0.4, 0.5) is 0 Å². The van der Waals surface area contributed by atoms with Crippen LogP contribution >= 0.6 is 0 Å². The molecule has 27 nitrogen and oxygen atoms in total. The van der Waals surface area contributed by atoms with Crippen molar-refractivity contribution in [1.82, 2.24) is 42.5 Å². The van der Waals surface area contributed by atoms with Crippen LogP contribution < -0.4 is 65.5 Å². The molecule has 0 aliphatic rings. The Bertz CT molecular complexity index is 1920. The van der Waals surface area contributed by atoms with Crippen LogP contribution in [0.25, 0.3) is 0 Å². The number of carboxylic acids is 2. The number of unbranched alkanes of at least 4 members (excludes halogenated alkanes) is 1. The van der Waals surface area contributed by atoms with Crippen molar-refractivity contribution in [3.63, 3.8) is 0 Å². The number of aliphatic carboxylic acids is 2. The molecule has 0 aromatic heterocycles. The van der Waals surface area contributed by atoms with E-state index >= 15 is 0 Å². The van der Waals surface area contributed by atoms with Gasteiger partial charge in [-0.05, 0) is 82.6 Å². The molecule has 0 spiro atoms. The van der Waals surface area contributed by atoms with Gasteiger partial charge in [0, 0.05) is 6.54 Å². The molecule has 75 heavy (non-hydrogen) atoms. The van der Waals surface area contributed by atoms with Gasteiger partial charge in [0.25, 0.3) is 0 Å². The number of nitrogens with one attached hydrogen (secondary N) is 8. The lowest BCUT2D eigenvalue weighted by molar-refractivity contribution is -0.142. The van der Waals surface area contributed by atoms with Gasteiger partial charge in [-0.25, -0.2) is 4.79 Å². The van der Waals surface area contributed by atoms with E-state index in [4.69, 9.17) is 22.9 Å². The van der Waals surface area contributed by atoms with Crippen LogP contribution in [0.15, 0.2) is 4.99 Å². The Morgan fingerprint density at radius 1 is 0.480 bits per heavy atom. The lowest BCUT2D eigenvalue weighted by Crippen LogP contribution is -2.63. The number of hydrogen-bond donors (Lipinski definition) is 16. The van der Waals surface area contributed by atoms with E-state index in [9.17, 15) is 68.4 Å². The number of nitrogens with two attached hydrogens (primary N) is 4. The number of amides is 8. The third-order valence-corrected chi connectivity index (χ3v) is 12.8. The van der Waals surface area contributed by atoms with Gasteiger partial charge in [0.1, 0.15) is 54.4 Å². The number of aliphatic hydroxyl groups is 2. The SMILES string of the molecule is CC[C@H](C)[C@H](NC(=O)[C@H](CC(=O)O)NC(=O)[C@@H](NC(=O)[C@@H](NC(=O)[C@@H](N)[C@@H](C)O)[C@@H](C)CC)[C@@H](C)CC)C(=O)N[C@@H](CC(C)C)C(=O)N[C@H](C(=O)N[C@@H](CCCCN)C(=O)N[C@@H](CCCN=C(N)N)C(=O)O)[C@@H](C)O. The predicted octanol–water partition coefficient (Wildman–Crippen LogP) is -3.12. The van der Waals surface area contributed by atoms with Crippen LogP contribution in [0.5, 0.6) is 0 Å². The van der Waals surface area contributed by atoms with Gasteiger partial charge in [0.05, 0.1) is 18.6 Å². The molecule has 20 N–H and O–H groups in total. The molecule has 14 atom stereocenters. The molecule has 0 aromatic rings. The molecule has 0 heterocycles. The molecule has 0 unspecified atom stereocenters. The fourth-order valence-electron chi connectivity index (χ4n) is 7.40. The molecular formula is C48H89N13O14.